The molecule has 1 rings (SSSR count). The Morgan fingerprint density at radius 3 is 2.76 bits per heavy atom. The van der Waals surface area contributed by atoms with Gasteiger partial charge in [-0.2, -0.15) is 0 Å². The number of nitrogens with zero attached hydrogens (tertiary/aromatic N) is 1. The lowest BCUT2D eigenvalue weighted by Gasteiger charge is -2.21. The third-order valence-corrected chi connectivity index (χ3v) is 3.78. The summed E-state index contributed by atoms with van der Waals surface area (Å²) in [5, 5.41) is 0. The zero-order chi connectivity index (χ0) is 12.9. The summed E-state index contributed by atoms with van der Waals surface area (Å²) in [6, 6.07) is 0. The van der Waals surface area contributed by atoms with E-state index in [4.69, 9.17) is 0 Å². The molecule has 2 heteroatoms. The highest BCUT2D eigenvalue weighted by atomic mass is 16.2. The Morgan fingerprint density at radius 1 is 1.53 bits per heavy atom. The normalized spacial score (nSPS) is 27.1. The van der Waals surface area contributed by atoms with Crippen LogP contribution in [0.3, 0.4) is 0 Å². The number of carbonyl (C=O) groups excluding carboxylic acids is 1. The zero-order valence-electron chi connectivity index (χ0n) is 11.4. The average molecular weight is 235 g/mol. The van der Waals surface area contributed by atoms with Crippen LogP contribution in [0.2, 0.25) is 0 Å². The van der Waals surface area contributed by atoms with Gasteiger partial charge in [-0.3, -0.25) is 4.79 Å². The van der Waals surface area contributed by atoms with Crippen molar-refractivity contribution in [3.8, 4) is 0 Å². The third kappa shape index (κ3) is 4.03. The lowest BCUT2D eigenvalue weighted by atomic mass is 10.0. The van der Waals surface area contributed by atoms with E-state index in [1.165, 1.54) is 19.3 Å². The summed E-state index contributed by atoms with van der Waals surface area (Å²) in [5.41, 5.74) is 0.319. The summed E-state index contributed by atoms with van der Waals surface area (Å²) in [4.78, 5) is 13.1. The number of carbonyl (C=O) groups is 1. The van der Waals surface area contributed by atoms with Crippen LogP contribution in [-0.4, -0.2) is 17.4 Å². The topological polar surface area (TPSA) is 20.3 Å². The molecule has 0 N–H and O–H groups in total. The van der Waals surface area contributed by atoms with Crippen LogP contribution in [0.5, 0.6) is 0 Å². The SMILES string of the molecule is C=CN(CC1(C)C[C@H]1CC/C=C\CC)C(C)=O. The van der Waals surface area contributed by atoms with E-state index in [1.807, 2.05) is 0 Å². The van der Waals surface area contributed by atoms with Crippen molar-refractivity contribution in [3.63, 3.8) is 0 Å². The molecule has 0 heterocycles. The van der Waals surface area contributed by atoms with Gasteiger partial charge in [0, 0.05) is 13.5 Å². The number of allylic oxidation sites excluding steroid dienone is 2. The molecule has 96 valence electrons. The van der Waals surface area contributed by atoms with Gasteiger partial charge in [0.25, 0.3) is 0 Å². The fraction of sp³-hybridized carbons (Fsp3) is 0.667. The van der Waals surface area contributed by atoms with Gasteiger partial charge in [-0.05, 0) is 43.2 Å². The number of amides is 1. The monoisotopic (exact) mass is 235 g/mol. The van der Waals surface area contributed by atoms with Gasteiger partial charge in [-0.1, -0.05) is 32.6 Å². The minimum absolute atomic E-state index is 0.0951. The summed E-state index contributed by atoms with van der Waals surface area (Å²) in [5.74, 6) is 0.864. The smallest absolute Gasteiger partial charge is 0.223 e. The first-order valence-electron chi connectivity index (χ1n) is 6.58. The second-order valence-corrected chi connectivity index (χ2v) is 5.34. The Balaban J connectivity index is 2.33. The van der Waals surface area contributed by atoms with Gasteiger partial charge in [0.2, 0.25) is 5.91 Å². The summed E-state index contributed by atoms with van der Waals surface area (Å²) < 4.78 is 0. The van der Waals surface area contributed by atoms with Gasteiger partial charge in [-0.25, -0.2) is 0 Å². The van der Waals surface area contributed by atoms with E-state index in [0.29, 0.717) is 5.41 Å². The molecular formula is C15H25NO. The van der Waals surface area contributed by atoms with Crippen LogP contribution in [0.1, 0.15) is 46.5 Å². The fourth-order valence-corrected chi connectivity index (χ4v) is 2.42. The van der Waals surface area contributed by atoms with Crippen LogP contribution >= 0.6 is 0 Å². The molecule has 0 aliphatic heterocycles. The van der Waals surface area contributed by atoms with Gasteiger partial charge >= 0.3 is 0 Å². The Bertz CT molecular complexity index is 308. The van der Waals surface area contributed by atoms with Crippen LogP contribution in [-0.2, 0) is 4.79 Å². The van der Waals surface area contributed by atoms with E-state index in [2.05, 4.69) is 32.6 Å². The van der Waals surface area contributed by atoms with Gasteiger partial charge in [0.1, 0.15) is 0 Å². The second kappa shape index (κ2) is 6.04. The molecule has 0 saturated heterocycles. The molecule has 1 amide bonds. The molecule has 1 fully saturated rings. The van der Waals surface area contributed by atoms with Crippen LogP contribution in [0.25, 0.3) is 0 Å². The Kier molecular flexibility index (Phi) is 4.98. The second-order valence-electron chi connectivity index (χ2n) is 5.34. The largest absolute Gasteiger partial charge is 0.319 e. The van der Waals surface area contributed by atoms with E-state index in [9.17, 15) is 4.79 Å². The molecule has 17 heavy (non-hydrogen) atoms. The van der Waals surface area contributed by atoms with Crippen LogP contribution < -0.4 is 0 Å². The molecule has 0 aromatic rings. The molecule has 1 saturated carbocycles. The maximum Gasteiger partial charge on any atom is 0.223 e. The Morgan fingerprint density at radius 2 is 2.24 bits per heavy atom. The van der Waals surface area contributed by atoms with Gasteiger partial charge in [0.05, 0.1) is 0 Å². The lowest BCUT2D eigenvalue weighted by molar-refractivity contribution is -0.127. The van der Waals surface area contributed by atoms with E-state index < -0.39 is 0 Å². The summed E-state index contributed by atoms with van der Waals surface area (Å²) in [7, 11) is 0. The maximum absolute atomic E-state index is 11.3. The molecule has 0 radical (unpaired) electrons. The van der Waals surface area contributed by atoms with Crippen LogP contribution in [0.15, 0.2) is 24.9 Å². The lowest BCUT2D eigenvalue weighted by Crippen LogP contribution is -2.29. The van der Waals surface area contributed by atoms with Gasteiger partial charge in [-0.15, -0.1) is 0 Å². The number of hydrogen-bond donors (Lipinski definition) is 0. The van der Waals surface area contributed by atoms with Crippen molar-refractivity contribution in [2.24, 2.45) is 11.3 Å². The van der Waals surface area contributed by atoms with Crippen molar-refractivity contribution >= 4 is 5.91 Å². The highest BCUT2D eigenvalue weighted by Gasteiger charge is 2.49. The van der Waals surface area contributed by atoms with E-state index >= 15 is 0 Å². The molecule has 2 atom stereocenters. The molecule has 1 unspecified atom stereocenters. The predicted molar refractivity (Wildman–Crippen MR) is 72.5 cm³/mol. The van der Waals surface area contributed by atoms with Gasteiger partial charge in [0.15, 0.2) is 0 Å². The standard InChI is InChI=1S/C15H25NO/c1-5-7-8-9-10-14-11-15(14,4)12-16(6-2)13(3)17/h6-8,14H,2,5,9-12H2,1,3-4H3/b8-7-/t14-,15?/m1/s1. The predicted octanol–water partition coefficient (Wildman–Crippen LogP) is 3.75. The molecule has 1 aliphatic carbocycles. The van der Waals surface area contributed by atoms with Gasteiger partial charge < -0.3 is 4.90 Å². The highest BCUT2D eigenvalue weighted by molar-refractivity contribution is 5.74. The first-order valence-corrected chi connectivity index (χ1v) is 6.58. The first kappa shape index (κ1) is 14.0. The van der Waals surface area contributed by atoms with Crippen molar-refractivity contribution in [1.29, 1.82) is 0 Å². The number of hydrogen-bond acceptors (Lipinski definition) is 1. The van der Waals surface area contributed by atoms with Crippen LogP contribution in [0, 0.1) is 11.3 Å². The molecule has 2 nitrogen and oxygen atoms in total. The minimum atomic E-state index is 0.0951. The molecule has 0 aromatic heterocycles. The summed E-state index contributed by atoms with van der Waals surface area (Å²) in [6.07, 6.45) is 10.9. The molecule has 1 aliphatic rings. The Hall–Kier alpha value is -1.05. The van der Waals surface area contributed by atoms with Crippen molar-refractivity contribution < 1.29 is 4.79 Å². The molecule has 0 aromatic carbocycles. The molecular weight excluding hydrogens is 210 g/mol. The van der Waals surface area contributed by atoms with Crippen molar-refractivity contribution in [1.82, 2.24) is 4.90 Å². The van der Waals surface area contributed by atoms with E-state index in [-0.39, 0.29) is 5.91 Å². The summed E-state index contributed by atoms with van der Waals surface area (Å²) >= 11 is 0. The van der Waals surface area contributed by atoms with Crippen molar-refractivity contribution in [2.45, 2.75) is 46.5 Å². The zero-order valence-corrected chi connectivity index (χ0v) is 11.4. The third-order valence-electron chi connectivity index (χ3n) is 3.78. The fourth-order valence-electron chi connectivity index (χ4n) is 2.42. The quantitative estimate of drug-likeness (QED) is 0.615. The maximum atomic E-state index is 11.3. The molecule has 0 bridgehead atoms. The van der Waals surface area contributed by atoms with Crippen LogP contribution in [0.4, 0.5) is 0 Å². The minimum Gasteiger partial charge on any atom is -0.319 e. The highest BCUT2D eigenvalue weighted by Crippen LogP contribution is 2.55. The average Bonchev–Trinajstić information content (AvgIpc) is 2.92. The Labute approximate surface area is 105 Å². The van der Waals surface area contributed by atoms with Crippen molar-refractivity contribution in [2.75, 3.05) is 6.54 Å². The van der Waals surface area contributed by atoms with E-state index in [0.717, 1.165) is 18.9 Å². The van der Waals surface area contributed by atoms with Crippen molar-refractivity contribution in [3.05, 3.63) is 24.9 Å². The molecule has 0 spiro atoms. The summed E-state index contributed by atoms with van der Waals surface area (Å²) in [6.45, 7) is 10.6. The van der Waals surface area contributed by atoms with E-state index in [1.54, 1.807) is 18.0 Å². The number of rotatable bonds is 7. The first-order chi connectivity index (χ1) is 8.03.